The Labute approximate surface area is 137 Å². The van der Waals surface area contributed by atoms with Crippen molar-refractivity contribution in [2.75, 3.05) is 0 Å². The van der Waals surface area contributed by atoms with Crippen molar-refractivity contribution in [2.45, 2.75) is 33.6 Å². The molecule has 2 rings (SSSR count). The number of esters is 1. The Morgan fingerprint density at radius 1 is 1.25 bits per heavy atom. The maximum atomic E-state index is 11.2. The van der Waals surface area contributed by atoms with Crippen molar-refractivity contribution in [3.63, 3.8) is 0 Å². The highest BCUT2D eigenvalue weighted by Gasteiger charge is 2.12. The molecule has 24 heavy (non-hydrogen) atoms. The van der Waals surface area contributed by atoms with Crippen LogP contribution in [0.1, 0.15) is 25.1 Å². The fourth-order valence-corrected chi connectivity index (χ4v) is 1.95. The van der Waals surface area contributed by atoms with Gasteiger partial charge in [-0.1, -0.05) is 11.3 Å². The van der Waals surface area contributed by atoms with Gasteiger partial charge in [-0.15, -0.1) is 5.10 Å². The van der Waals surface area contributed by atoms with E-state index >= 15 is 0 Å². The second-order valence-electron chi connectivity index (χ2n) is 4.76. The van der Waals surface area contributed by atoms with Crippen LogP contribution in [-0.4, -0.2) is 32.2 Å². The number of hydrogen-bond donors (Lipinski definition) is 1. The second kappa shape index (κ2) is 7.95. The summed E-state index contributed by atoms with van der Waals surface area (Å²) in [6.45, 7) is 3.87. The van der Waals surface area contributed by atoms with E-state index in [9.17, 15) is 9.59 Å². The van der Waals surface area contributed by atoms with Gasteiger partial charge in [0.2, 0.25) is 0 Å². The van der Waals surface area contributed by atoms with Gasteiger partial charge in [0.25, 0.3) is 0 Å². The molecule has 1 N–H and O–H groups in total. The standard InChI is InChI=1S/C15H17N3O6/c1-3-18-12(7-16-17-18)9-22-14-6-11(8-23-15(20)21)4-5-13(14)24-10(2)19/h4-7H,3,8-9H2,1-2H3,(H,20,21). The lowest BCUT2D eigenvalue weighted by Gasteiger charge is -2.13. The van der Waals surface area contributed by atoms with Gasteiger partial charge in [0.1, 0.15) is 13.2 Å². The molecule has 0 unspecified atom stereocenters. The molecule has 0 aliphatic rings. The predicted molar refractivity (Wildman–Crippen MR) is 80.6 cm³/mol. The van der Waals surface area contributed by atoms with Gasteiger partial charge < -0.3 is 19.3 Å². The molecule has 2 aromatic rings. The third-order valence-corrected chi connectivity index (χ3v) is 3.00. The van der Waals surface area contributed by atoms with Crippen molar-refractivity contribution < 1.29 is 28.9 Å². The summed E-state index contributed by atoms with van der Waals surface area (Å²) in [6, 6.07) is 4.67. The summed E-state index contributed by atoms with van der Waals surface area (Å²) >= 11 is 0. The van der Waals surface area contributed by atoms with Crippen molar-refractivity contribution >= 4 is 12.1 Å². The topological polar surface area (TPSA) is 113 Å². The first kappa shape index (κ1) is 17.3. The van der Waals surface area contributed by atoms with Gasteiger partial charge >= 0.3 is 12.1 Å². The average Bonchev–Trinajstić information content (AvgIpc) is 2.99. The van der Waals surface area contributed by atoms with Crippen LogP contribution in [0.2, 0.25) is 0 Å². The van der Waals surface area contributed by atoms with Gasteiger partial charge in [-0.05, 0) is 24.6 Å². The second-order valence-corrected chi connectivity index (χ2v) is 4.76. The zero-order chi connectivity index (χ0) is 17.5. The van der Waals surface area contributed by atoms with E-state index < -0.39 is 12.1 Å². The van der Waals surface area contributed by atoms with E-state index in [0.717, 1.165) is 5.69 Å². The molecule has 0 fully saturated rings. The SMILES string of the molecule is CCn1nncc1COc1cc(COC(=O)O)ccc1OC(C)=O. The third-order valence-electron chi connectivity index (χ3n) is 3.00. The van der Waals surface area contributed by atoms with E-state index in [1.165, 1.54) is 13.0 Å². The molecule has 0 aliphatic heterocycles. The number of ether oxygens (including phenoxy) is 3. The fourth-order valence-electron chi connectivity index (χ4n) is 1.95. The van der Waals surface area contributed by atoms with Crippen LogP contribution >= 0.6 is 0 Å². The molecule has 0 radical (unpaired) electrons. The molecule has 0 saturated carbocycles. The van der Waals surface area contributed by atoms with Crippen LogP contribution in [0.4, 0.5) is 4.79 Å². The van der Waals surface area contributed by atoms with Crippen molar-refractivity contribution in [1.29, 1.82) is 0 Å². The summed E-state index contributed by atoms with van der Waals surface area (Å²) in [5.41, 5.74) is 1.31. The molecule has 9 nitrogen and oxygen atoms in total. The zero-order valence-electron chi connectivity index (χ0n) is 13.3. The van der Waals surface area contributed by atoms with Gasteiger partial charge in [0, 0.05) is 13.5 Å². The lowest BCUT2D eigenvalue weighted by molar-refractivity contribution is -0.132. The van der Waals surface area contributed by atoms with Crippen LogP contribution in [0.5, 0.6) is 11.5 Å². The molecule has 1 heterocycles. The summed E-state index contributed by atoms with van der Waals surface area (Å²) < 4.78 is 17.0. The highest BCUT2D eigenvalue weighted by atomic mass is 16.7. The normalized spacial score (nSPS) is 10.2. The van der Waals surface area contributed by atoms with Crippen molar-refractivity contribution in [3.05, 3.63) is 35.7 Å². The molecule has 0 amide bonds. The smallest absolute Gasteiger partial charge is 0.483 e. The molecule has 0 aliphatic carbocycles. The summed E-state index contributed by atoms with van der Waals surface area (Å²) in [5, 5.41) is 16.3. The molecular formula is C15H17N3O6. The van der Waals surface area contributed by atoms with Crippen LogP contribution < -0.4 is 9.47 Å². The third kappa shape index (κ3) is 4.70. The van der Waals surface area contributed by atoms with E-state index in [1.807, 2.05) is 6.92 Å². The van der Waals surface area contributed by atoms with E-state index in [4.69, 9.17) is 14.6 Å². The van der Waals surface area contributed by atoms with Crippen LogP contribution in [0, 0.1) is 0 Å². The lowest BCUT2D eigenvalue weighted by atomic mass is 10.2. The molecule has 9 heteroatoms. The van der Waals surface area contributed by atoms with Crippen LogP contribution in [-0.2, 0) is 29.3 Å². The number of carbonyl (C=O) groups is 2. The van der Waals surface area contributed by atoms with Gasteiger partial charge in [-0.2, -0.15) is 0 Å². The Balaban J connectivity index is 2.17. The van der Waals surface area contributed by atoms with Gasteiger partial charge in [-0.25, -0.2) is 9.48 Å². The molecule has 0 atom stereocenters. The summed E-state index contributed by atoms with van der Waals surface area (Å²) in [5.74, 6) is 0.0345. The molecule has 0 saturated heterocycles. The number of rotatable bonds is 7. The molecule has 1 aromatic heterocycles. The average molecular weight is 335 g/mol. The molecule has 1 aromatic carbocycles. The fraction of sp³-hybridized carbons (Fsp3) is 0.333. The maximum absolute atomic E-state index is 11.2. The van der Waals surface area contributed by atoms with E-state index in [-0.39, 0.29) is 19.0 Å². The largest absolute Gasteiger partial charge is 0.506 e. The van der Waals surface area contributed by atoms with Crippen molar-refractivity contribution in [1.82, 2.24) is 15.0 Å². The Morgan fingerprint density at radius 3 is 2.71 bits per heavy atom. The van der Waals surface area contributed by atoms with Crippen molar-refractivity contribution in [2.24, 2.45) is 0 Å². The zero-order valence-corrected chi connectivity index (χ0v) is 13.3. The number of aryl methyl sites for hydroxylation is 1. The number of aromatic nitrogens is 3. The first-order valence-electron chi connectivity index (χ1n) is 7.16. The number of nitrogens with zero attached hydrogens (tertiary/aromatic N) is 3. The predicted octanol–water partition coefficient (Wildman–Crippen LogP) is 2.00. The Bertz CT molecular complexity index is 728. The van der Waals surface area contributed by atoms with Crippen molar-refractivity contribution in [3.8, 4) is 11.5 Å². The summed E-state index contributed by atoms with van der Waals surface area (Å²) in [6.07, 6.45) is 0.200. The highest BCUT2D eigenvalue weighted by Crippen LogP contribution is 2.29. The summed E-state index contributed by atoms with van der Waals surface area (Å²) in [7, 11) is 0. The highest BCUT2D eigenvalue weighted by molar-refractivity contribution is 5.70. The minimum Gasteiger partial charge on any atom is -0.483 e. The summed E-state index contributed by atoms with van der Waals surface area (Å²) in [4.78, 5) is 21.7. The molecule has 0 spiro atoms. The van der Waals surface area contributed by atoms with Crippen LogP contribution in [0.15, 0.2) is 24.4 Å². The number of benzene rings is 1. The number of carbonyl (C=O) groups excluding carboxylic acids is 1. The Kier molecular flexibility index (Phi) is 5.72. The van der Waals surface area contributed by atoms with Crippen LogP contribution in [0.25, 0.3) is 0 Å². The lowest BCUT2D eigenvalue weighted by Crippen LogP contribution is -2.08. The quantitative estimate of drug-likeness (QED) is 0.604. The minimum absolute atomic E-state index is 0.138. The van der Waals surface area contributed by atoms with Gasteiger partial charge in [0.05, 0.1) is 11.9 Å². The molecule has 128 valence electrons. The monoisotopic (exact) mass is 335 g/mol. The van der Waals surface area contributed by atoms with Crippen LogP contribution in [0.3, 0.4) is 0 Å². The first-order chi connectivity index (χ1) is 11.5. The van der Waals surface area contributed by atoms with Gasteiger partial charge in [0.15, 0.2) is 11.5 Å². The number of hydrogen-bond acceptors (Lipinski definition) is 7. The molecular weight excluding hydrogens is 318 g/mol. The van der Waals surface area contributed by atoms with Gasteiger partial charge in [-0.3, -0.25) is 4.79 Å². The first-order valence-corrected chi connectivity index (χ1v) is 7.16. The van der Waals surface area contributed by atoms with E-state index in [2.05, 4.69) is 15.0 Å². The number of carboxylic acid groups (broad SMARTS) is 1. The Hall–Kier alpha value is -3.10. The minimum atomic E-state index is -1.38. The van der Waals surface area contributed by atoms with E-state index in [0.29, 0.717) is 17.9 Å². The molecule has 0 bridgehead atoms. The Morgan fingerprint density at radius 2 is 2.04 bits per heavy atom. The maximum Gasteiger partial charge on any atom is 0.506 e. The van der Waals surface area contributed by atoms with E-state index in [1.54, 1.807) is 23.0 Å².